The minimum Gasteiger partial charge on any atom is -0.507 e. The lowest BCUT2D eigenvalue weighted by atomic mass is 9.54. The number of Topliss-reactive ketones (excluding diaryl/α,β-unsaturated/α-hetero) is 2. The maximum Gasteiger partial charge on any atom is 0.305 e. The summed E-state index contributed by atoms with van der Waals surface area (Å²) in [5, 5.41) is 40.9. The maximum atomic E-state index is 13.3. The summed E-state index contributed by atoms with van der Waals surface area (Å²) >= 11 is 0. The van der Waals surface area contributed by atoms with E-state index in [2.05, 4.69) is 0 Å². The molecule has 146 valence electrons. The number of carboxylic acid groups (broad SMARTS) is 1. The highest BCUT2D eigenvalue weighted by Crippen LogP contribution is 2.54. The molecule has 3 rings (SSSR count). The number of hydrogen-bond donors (Lipinski definition) is 4. The Labute approximate surface area is 155 Å². The fourth-order valence-electron chi connectivity index (χ4n) is 4.39. The van der Waals surface area contributed by atoms with Crippen LogP contribution in [0.1, 0.15) is 53.3 Å². The van der Waals surface area contributed by atoms with Gasteiger partial charge >= 0.3 is 5.97 Å². The fourth-order valence-corrected chi connectivity index (χ4v) is 4.39. The van der Waals surface area contributed by atoms with Gasteiger partial charge in [-0.05, 0) is 18.9 Å². The van der Waals surface area contributed by atoms with Crippen LogP contribution < -0.4 is 0 Å². The van der Waals surface area contributed by atoms with Gasteiger partial charge in [0.25, 0.3) is 0 Å². The van der Waals surface area contributed by atoms with Crippen LogP contribution in [0.3, 0.4) is 0 Å². The smallest absolute Gasteiger partial charge is 0.305 e. The van der Waals surface area contributed by atoms with Gasteiger partial charge in [0.1, 0.15) is 5.75 Å². The molecule has 1 aromatic rings. The van der Waals surface area contributed by atoms with Crippen LogP contribution in [-0.2, 0) is 9.53 Å². The van der Waals surface area contributed by atoms with Crippen LogP contribution in [0.15, 0.2) is 18.2 Å². The highest BCUT2D eigenvalue weighted by Gasteiger charge is 2.70. The topological polar surface area (TPSA) is 141 Å². The Morgan fingerprint density at radius 3 is 2.59 bits per heavy atom. The number of phenolic OH excluding ortho intramolecular Hbond substituents is 1. The van der Waals surface area contributed by atoms with Crippen molar-refractivity contribution >= 4 is 17.5 Å². The van der Waals surface area contributed by atoms with Crippen LogP contribution in [0.5, 0.6) is 5.75 Å². The van der Waals surface area contributed by atoms with Gasteiger partial charge in [-0.15, -0.1) is 0 Å². The first kappa shape index (κ1) is 19.5. The largest absolute Gasteiger partial charge is 0.507 e. The molecular formula is C19H22O8. The number of phenols is 1. The van der Waals surface area contributed by atoms with E-state index in [1.54, 1.807) is 6.92 Å². The number of aliphatic hydroxyl groups excluding tert-OH is 1. The normalized spacial score (nSPS) is 32.7. The Bertz CT molecular complexity index is 803. The van der Waals surface area contributed by atoms with E-state index in [1.807, 2.05) is 0 Å². The average molecular weight is 378 g/mol. The van der Waals surface area contributed by atoms with Crippen molar-refractivity contribution in [1.82, 2.24) is 0 Å². The second-order valence-corrected chi connectivity index (χ2v) is 7.20. The Balaban J connectivity index is 2.24. The molecule has 4 N–H and O–H groups in total. The molecule has 4 atom stereocenters. The Morgan fingerprint density at radius 1 is 1.30 bits per heavy atom. The second kappa shape index (κ2) is 6.70. The van der Waals surface area contributed by atoms with Gasteiger partial charge in [-0.3, -0.25) is 14.4 Å². The first-order chi connectivity index (χ1) is 12.7. The zero-order chi connectivity index (χ0) is 20.0. The van der Waals surface area contributed by atoms with Gasteiger partial charge in [0.2, 0.25) is 5.78 Å². The van der Waals surface area contributed by atoms with Crippen LogP contribution in [0, 0.1) is 5.41 Å². The van der Waals surface area contributed by atoms with E-state index in [9.17, 15) is 29.7 Å². The standard InChI is InChI=1S/C19H22O8/c1-2-4-13-19(26)17(25)15-11(5-3-6-12(15)21)16(24)18(19,9-20)8-10(27-13)7-14(22)23/h3,5-6,10,13,20-21,26H,2,4,7-9H2,1H3,(H,22,23)/t10-,13-,18?,19?/m1/s1. The molecule has 0 radical (unpaired) electrons. The number of carboxylic acids is 1. The van der Waals surface area contributed by atoms with Crippen molar-refractivity contribution in [1.29, 1.82) is 0 Å². The number of ether oxygens (including phenoxy) is 1. The van der Waals surface area contributed by atoms with E-state index in [0.717, 1.165) is 0 Å². The van der Waals surface area contributed by atoms with Crippen LogP contribution in [0.2, 0.25) is 0 Å². The molecule has 1 heterocycles. The number of ketones is 2. The highest BCUT2D eigenvalue weighted by atomic mass is 16.5. The van der Waals surface area contributed by atoms with Crippen LogP contribution >= 0.6 is 0 Å². The molecule has 1 saturated heterocycles. The zero-order valence-corrected chi connectivity index (χ0v) is 14.8. The summed E-state index contributed by atoms with van der Waals surface area (Å²) < 4.78 is 5.71. The number of fused-ring (bicyclic) bond motifs is 2. The van der Waals surface area contributed by atoms with Gasteiger partial charge in [0.05, 0.1) is 36.2 Å². The molecule has 0 amide bonds. The predicted molar refractivity (Wildman–Crippen MR) is 91.7 cm³/mol. The molecule has 2 aliphatic rings. The molecule has 1 aliphatic heterocycles. The molecule has 8 nitrogen and oxygen atoms in total. The second-order valence-electron chi connectivity index (χ2n) is 7.20. The van der Waals surface area contributed by atoms with E-state index in [1.165, 1.54) is 18.2 Å². The Kier molecular flexibility index (Phi) is 4.83. The molecule has 1 aliphatic carbocycles. The summed E-state index contributed by atoms with van der Waals surface area (Å²) in [5.74, 6) is -3.18. The number of hydrogen-bond acceptors (Lipinski definition) is 7. The highest BCUT2D eigenvalue weighted by molar-refractivity contribution is 6.22. The number of benzene rings is 1. The number of aliphatic hydroxyl groups is 2. The number of carbonyl (C=O) groups excluding carboxylic acids is 2. The van der Waals surface area contributed by atoms with Crippen LogP contribution in [0.4, 0.5) is 0 Å². The fraction of sp³-hybridized carbons (Fsp3) is 0.526. The van der Waals surface area contributed by atoms with Crippen molar-refractivity contribution in [2.75, 3.05) is 6.61 Å². The summed E-state index contributed by atoms with van der Waals surface area (Å²) in [6.07, 6.45) is -2.20. The number of rotatable bonds is 5. The first-order valence-corrected chi connectivity index (χ1v) is 8.85. The van der Waals surface area contributed by atoms with Crippen LogP contribution in [-0.4, -0.2) is 62.4 Å². The quantitative estimate of drug-likeness (QED) is 0.592. The lowest BCUT2D eigenvalue weighted by molar-refractivity contribution is -0.218. The molecule has 8 heteroatoms. The van der Waals surface area contributed by atoms with E-state index >= 15 is 0 Å². The summed E-state index contributed by atoms with van der Waals surface area (Å²) in [6, 6.07) is 3.99. The minimum absolute atomic E-state index is 0.0926. The molecule has 1 fully saturated rings. The minimum atomic E-state index is -2.39. The van der Waals surface area contributed by atoms with Gasteiger partial charge in [0, 0.05) is 5.56 Å². The molecule has 1 aromatic carbocycles. The molecule has 0 saturated carbocycles. The van der Waals surface area contributed by atoms with Crippen molar-refractivity contribution < 1.29 is 39.5 Å². The number of carbonyl (C=O) groups is 3. The molecular weight excluding hydrogens is 356 g/mol. The summed E-state index contributed by atoms with van der Waals surface area (Å²) in [6.45, 7) is 0.942. The monoisotopic (exact) mass is 378 g/mol. The summed E-state index contributed by atoms with van der Waals surface area (Å²) in [4.78, 5) is 37.7. The maximum absolute atomic E-state index is 13.3. The SMILES string of the molecule is CCC[C@H]1O[C@H](CC(=O)O)CC2(CO)C(=O)c3cccc(O)c3C(=O)C12O. The molecule has 2 unspecified atom stereocenters. The Morgan fingerprint density at radius 2 is 2.00 bits per heavy atom. The average Bonchev–Trinajstić information content (AvgIpc) is 2.61. The van der Waals surface area contributed by atoms with E-state index in [0.29, 0.717) is 6.42 Å². The van der Waals surface area contributed by atoms with Gasteiger partial charge in [0.15, 0.2) is 11.4 Å². The van der Waals surface area contributed by atoms with Gasteiger partial charge < -0.3 is 25.2 Å². The third-order valence-corrected chi connectivity index (χ3v) is 5.65. The molecule has 0 bridgehead atoms. The van der Waals surface area contributed by atoms with Crippen LogP contribution in [0.25, 0.3) is 0 Å². The van der Waals surface area contributed by atoms with E-state index in [-0.39, 0.29) is 24.0 Å². The van der Waals surface area contributed by atoms with Gasteiger partial charge in [-0.25, -0.2) is 0 Å². The van der Waals surface area contributed by atoms with Crippen molar-refractivity contribution in [2.45, 2.75) is 50.4 Å². The molecule has 0 aromatic heterocycles. The van der Waals surface area contributed by atoms with Gasteiger partial charge in [-0.1, -0.05) is 25.5 Å². The zero-order valence-electron chi connectivity index (χ0n) is 14.8. The number of aliphatic carboxylic acids is 1. The van der Waals surface area contributed by atoms with Crippen molar-refractivity contribution in [3.8, 4) is 5.75 Å². The van der Waals surface area contributed by atoms with E-state index in [4.69, 9.17) is 9.84 Å². The van der Waals surface area contributed by atoms with E-state index < -0.39 is 59.5 Å². The van der Waals surface area contributed by atoms with Crippen molar-refractivity contribution in [3.63, 3.8) is 0 Å². The van der Waals surface area contributed by atoms with Crippen molar-refractivity contribution in [2.24, 2.45) is 5.41 Å². The first-order valence-electron chi connectivity index (χ1n) is 8.85. The Hall–Kier alpha value is -2.29. The predicted octanol–water partition coefficient (Wildman–Crippen LogP) is 0.913. The number of aromatic hydroxyl groups is 1. The lowest BCUT2D eigenvalue weighted by Crippen LogP contribution is -2.72. The summed E-state index contributed by atoms with van der Waals surface area (Å²) in [5.41, 5.74) is -4.71. The van der Waals surface area contributed by atoms with Crippen molar-refractivity contribution in [3.05, 3.63) is 29.3 Å². The summed E-state index contributed by atoms with van der Waals surface area (Å²) in [7, 11) is 0. The third kappa shape index (κ3) is 2.59. The molecule has 0 spiro atoms. The third-order valence-electron chi connectivity index (χ3n) is 5.65. The molecule has 27 heavy (non-hydrogen) atoms. The van der Waals surface area contributed by atoms with Gasteiger partial charge in [-0.2, -0.15) is 0 Å². The lowest BCUT2D eigenvalue weighted by Gasteiger charge is -2.55.